The van der Waals surface area contributed by atoms with Gasteiger partial charge in [0.15, 0.2) is 0 Å². The summed E-state index contributed by atoms with van der Waals surface area (Å²) >= 11 is 0. The van der Waals surface area contributed by atoms with Gasteiger partial charge in [-0.3, -0.25) is 4.90 Å². The fraction of sp³-hybridized carbons (Fsp3) is 0.625. The normalized spacial score (nSPS) is 10.4. The van der Waals surface area contributed by atoms with Crippen molar-refractivity contribution in [3.63, 3.8) is 0 Å². The van der Waals surface area contributed by atoms with Crippen LogP contribution >= 0.6 is 0 Å². The number of aryl methyl sites for hydroxylation is 1. The van der Waals surface area contributed by atoms with E-state index in [9.17, 15) is 0 Å². The van der Waals surface area contributed by atoms with Crippen LogP contribution < -0.4 is 4.74 Å². The number of rotatable bonds is 16. The SMILES string of the molecule is CC.CCCCN(CCC)Cc1ccccc1.CCCN(CC)CCCOc1ccc(CC)cc1. The van der Waals surface area contributed by atoms with Gasteiger partial charge in [-0.2, -0.15) is 0 Å². The average molecular weight is 485 g/mol. The molecule has 0 unspecified atom stereocenters. The van der Waals surface area contributed by atoms with E-state index < -0.39 is 0 Å². The summed E-state index contributed by atoms with van der Waals surface area (Å²) in [5.74, 6) is 0.991. The highest BCUT2D eigenvalue weighted by Crippen LogP contribution is 2.12. The van der Waals surface area contributed by atoms with Crippen LogP contribution in [0.1, 0.15) is 91.7 Å². The molecule has 0 saturated carbocycles. The number of unbranched alkanes of at least 4 members (excludes halogenated alkanes) is 1. The molecule has 0 aliphatic heterocycles. The molecule has 3 nitrogen and oxygen atoms in total. The topological polar surface area (TPSA) is 15.7 Å². The zero-order valence-electron chi connectivity index (χ0n) is 24.2. The molecule has 2 aromatic carbocycles. The molecule has 0 fully saturated rings. The second-order valence-electron chi connectivity index (χ2n) is 8.75. The minimum absolute atomic E-state index is 0.811. The van der Waals surface area contributed by atoms with Gasteiger partial charge in [0.1, 0.15) is 5.75 Å². The van der Waals surface area contributed by atoms with Gasteiger partial charge in [-0.05, 0) is 81.5 Å². The number of benzene rings is 2. The summed E-state index contributed by atoms with van der Waals surface area (Å²) < 4.78 is 5.75. The van der Waals surface area contributed by atoms with Crippen LogP contribution in [0.4, 0.5) is 0 Å². The Morgan fingerprint density at radius 2 is 1.20 bits per heavy atom. The summed E-state index contributed by atoms with van der Waals surface area (Å²) in [6.07, 6.45) is 7.26. The molecule has 2 aromatic rings. The lowest BCUT2D eigenvalue weighted by Gasteiger charge is -2.21. The Morgan fingerprint density at radius 1 is 0.600 bits per heavy atom. The molecule has 0 radical (unpaired) electrons. The van der Waals surface area contributed by atoms with Crippen molar-refractivity contribution in [2.75, 3.05) is 39.3 Å². The summed E-state index contributed by atoms with van der Waals surface area (Å²) in [7, 11) is 0. The van der Waals surface area contributed by atoms with Crippen molar-refractivity contribution in [2.45, 2.75) is 93.5 Å². The molecular formula is C32H56N2O. The fourth-order valence-electron chi connectivity index (χ4n) is 3.85. The van der Waals surface area contributed by atoms with Gasteiger partial charge in [-0.1, -0.05) is 97.4 Å². The smallest absolute Gasteiger partial charge is 0.119 e. The monoisotopic (exact) mass is 484 g/mol. The van der Waals surface area contributed by atoms with E-state index in [1.165, 1.54) is 56.4 Å². The number of hydrogen-bond acceptors (Lipinski definition) is 3. The zero-order valence-corrected chi connectivity index (χ0v) is 24.2. The number of nitrogens with zero attached hydrogens (tertiary/aromatic N) is 2. The minimum Gasteiger partial charge on any atom is -0.494 e. The number of ether oxygens (including phenoxy) is 1. The Bertz CT molecular complexity index is 672. The van der Waals surface area contributed by atoms with Crippen molar-refractivity contribution in [1.82, 2.24) is 9.80 Å². The lowest BCUT2D eigenvalue weighted by atomic mass is 10.2. The van der Waals surface area contributed by atoms with Gasteiger partial charge in [0.2, 0.25) is 0 Å². The van der Waals surface area contributed by atoms with Crippen LogP contribution in [-0.2, 0) is 13.0 Å². The van der Waals surface area contributed by atoms with Crippen LogP contribution in [0.5, 0.6) is 5.75 Å². The lowest BCUT2D eigenvalue weighted by molar-refractivity contribution is 0.242. The fourth-order valence-corrected chi connectivity index (χ4v) is 3.85. The molecular weight excluding hydrogens is 428 g/mol. The molecule has 0 amide bonds. The van der Waals surface area contributed by atoms with Crippen LogP contribution in [0.15, 0.2) is 54.6 Å². The van der Waals surface area contributed by atoms with E-state index >= 15 is 0 Å². The van der Waals surface area contributed by atoms with Gasteiger partial charge in [0, 0.05) is 13.1 Å². The van der Waals surface area contributed by atoms with Gasteiger partial charge < -0.3 is 9.64 Å². The molecule has 0 aliphatic carbocycles. The highest BCUT2D eigenvalue weighted by molar-refractivity contribution is 5.27. The van der Waals surface area contributed by atoms with Crippen LogP contribution in [0.25, 0.3) is 0 Å². The maximum atomic E-state index is 5.75. The quantitative estimate of drug-likeness (QED) is 0.222. The Labute approximate surface area is 218 Å². The molecule has 0 saturated heterocycles. The lowest BCUT2D eigenvalue weighted by Crippen LogP contribution is -2.26. The molecule has 0 aromatic heterocycles. The van der Waals surface area contributed by atoms with E-state index in [0.717, 1.165) is 44.8 Å². The summed E-state index contributed by atoms with van der Waals surface area (Å²) in [5, 5.41) is 0. The van der Waals surface area contributed by atoms with Crippen LogP contribution in [-0.4, -0.2) is 49.1 Å². The molecule has 2 rings (SSSR count). The van der Waals surface area contributed by atoms with Gasteiger partial charge in [-0.25, -0.2) is 0 Å². The summed E-state index contributed by atoms with van der Waals surface area (Å²) in [4.78, 5) is 5.03. The van der Waals surface area contributed by atoms with Crippen molar-refractivity contribution in [3.05, 3.63) is 65.7 Å². The second kappa shape index (κ2) is 23.9. The minimum atomic E-state index is 0.811. The van der Waals surface area contributed by atoms with Crippen molar-refractivity contribution in [3.8, 4) is 5.75 Å². The Balaban J connectivity index is 0.000000625. The molecule has 0 heterocycles. The standard InChI is InChI=1S/C16H27NO.C14H23N.C2H6/c1-4-12-17(6-3)13-7-14-18-16-10-8-15(5-2)9-11-16;1-3-5-12-15(11-4-2)13-14-9-7-6-8-10-14;1-2/h8-11H,4-7,12-14H2,1-3H3;6-10H,3-5,11-13H2,1-2H3;1-2H3. The van der Waals surface area contributed by atoms with E-state index in [0.29, 0.717) is 0 Å². The predicted octanol–water partition coefficient (Wildman–Crippen LogP) is 8.47. The molecule has 0 spiro atoms. The van der Waals surface area contributed by atoms with E-state index in [4.69, 9.17) is 4.74 Å². The molecule has 0 N–H and O–H groups in total. The van der Waals surface area contributed by atoms with Crippen LogP contribution in [0.2, 0.25) is 0 Å². The molecule has 0 atom stereocenters. The zero-order chi connectivity index (χ0) is 26.2. The maximum Gasteiger partial charge on any atom is 0.119 e. The molecule has 200 valence electrons. The second-order valence-corrected chi connectivity index (χ2v) is 8.75. The third-order valence-corrected chi connectivity index (χ3v) is 5.82. The first-order valence-electron chi connectivity index (χ1n) is 14.4. The van der Waals surface area contributed by atoms with Crippen LogP contribution in [0, 0.1) is 0 Å². The predicted molar refractivity (Wildman–Crippen MR) is 157 cm³/mol. The van der Waals surface area contributed by atoms with Gasteiger partial charge in [0.05, 0.1) is 6.61 Å². The van der Waals surface area contributed by atoms with Gasteiger partial charge in [0.25, 0.3) is 0 Å². The van der Waals surface area contributed by atoms with Crippen molar-refractivity contribution in [1.29, 1.82) is 0 Å². The van der Waals surface area contributed by atoms with Crippen molar-refractivity contribution >= 4 is 0 Å². The van der Waals surface area contributed by atoms with Crippen LogP contribution in [0.3, 0.4) is 0 Å². The molecule has 0 bridgehead atoms. The summed E-state index contributed by atoms with van der Waals surface area (Å²) in [6, 6.07) is 19.2. The van der Waals surface area contributed by atoms with Gasteiger partial charge in [-0.15, -0.1) is 0 Å². The van der Waals surface area contributed by atoms with E-state index in [1.54, 1.807) is 0 Å². The third-order valence-electron chi connectivity index (χ3n) is 5.82. The van der Waals surface area contributed by atoms with E-state index in [-0.39, 0.29) is 0 Å². The van der Waals surface area contributed by atoms with E-state index in [2.05, 4.69) is 99.0 Å². The molecule has 3 heteroatoms. The molecule has 0 aliphatic rings. The highest BCUT2D eigenvalue weighted by atomic mass is 16.5. The Morgan fingerprint density at radius 3 is 1.74 bits per heavy atom. The Kier molecular flexibility index (Phi) is 22.6. The first-order valence-corrected chi connectivity index (χ1v) is 14.4. The number of hydrogen-bond donors (Lipinski definition) is 0. The first-order chi connectivity index (χ1) is 17.2. The average Bonchev–Trinajstić information content (AvgIpc) is 2.91. The largest absolute Gasteiger partial charge is 0.494 e. The summed E-state index contributed by atoms with van der Waals surface area (Å²) in [6.45, 7) is 23.0. The van der Waals surface area contributed by atoms with Crippen molar-refractivity contribution in [2.24, 2.45) is 0 Å². The third kappa shape index (κ3) is 17.3. The van der Waals surface area contributed by atoms with Crippen molar-refractivity contribution < 1.29 is 4.74 Å². The Hall–Kier alpha value is -1.84. The molecule has 35 heavy (non-hydrogen) atoms. The first kappa shape index (κ1) is 33.2. The summed E-state index contributed by atoms with van der Waals surface area (Å²) in [5.41, 5.74) is 2.80. The highest BCUT2D eigenvalue weighted by Gasteiger charge is 2.03. The van der Waals surface area contributed by atoms with E-state index in [1.807, 2.05) is 13.8 Å². The maximum absolute atomic E-state index is 5.75. The van der Waals surface area contributed by atoms with Gasteiger partial charge >= 0.3 is 0 Å².